The van der Waals surface area contributed by atoms with E-state index in [9.17, 15) is 22.8 Å². The van der Waals surface area contributed by atoms with E-state index in [2.05, 4.69) is 0 Å². The molecule has 0 radical (unpaired) electrons. The monoisotopic (exact) mass is 570 g/mol. The minimum Gasteiger partial charge on any atom is -0.492 e. The summed E-state index contributed by atoms with van der Waals surface area (Å²) in [6, 6.07) is 14.0. The van der Waals surface area contributed by atoms with Crippen molar-refractivity contribution in [1.29, 1.82) is 0 Å². The van der Waals surface area contributed by atoms with Crippen molar-refractivity contribution in [3.63, 3.8) is 0 Å². The first-order chi connectivity index (χ1) is 17.5. The van der Waals surface area contributed by atoms with Gasteiger partial charge in [0.2, 0.25) is 11.2 Å². The van der Waals surface area contributed by atoms with E-state index in [0.717, 1.165) is 6.07 Å². The average molecular weight is 572 g/mol. The number of hydrogen-bond donors (Lipinski definition) is 0. The van der Waals surface area contributed by atoms with E-state index in [1.54, 1.807) is 12.1 Å². The first kappa shape index (κ1) is 26.9. The second-order valence-corrected chi connectivity index (χ2v) is 9.02. The largest absolute Gasteiger partial charge is 0.492 e. The van der Waals surface area contributed by atoms with Gasteiger partial charge in [-0.1, -0.05) is 53.0 Å². The van der Waals surface area contributed by atoms with Crippen molar-refractivity contribution < 1.29 is 31.9 Å². The Morgan fingerprint density at radius 1 is 0.946 bits per heavy atom. The van der Waals surface area contributed by atoms with Gasteiger partial charge in [-0.3, -0.25) is 9.59 Å². The van der Waals surface area contributed by atoms with Crippen LogP contribution in [0.4, 0.5) is 13.2 Å². The Labute approximate surface area is 223 Å². The van der Waals surface area contributed by atoms with E-state index in [1.165, 1.54) is 42.5 Å². The molecule has 0 saturated carbocycles. The van der Waals surface area contributed by atoms with Gasteiger partial charge in [0.25, 0.3) is 0 Å². The van der Waals surface area contributed by atoms with Crippen LogP contribution < -0.4 is 14.9 Å². The Kier molecular flexibility index (Phi) is 8.02. The van der Waals surface area contributed by atoms with Gasteiger partial charge >= 0.3 is 12.1 Å². The van der Waals surface area contributed by atoms with Crippen LogP contribution in [-0.2, 0) is 11.0 Å². The number of ether oxygens (including phenoxy) is 2. The average Bonchev–Trinajstić information content (AvgIpc) is 2.83. The molecule has 192 valence electrons. The fraction of sp³-hybridized carbons (Fsp3) is 0.154. The number of benzene rings is 3. The lowest BCUT2D eigenvalue weighted by Gasteiger charge is -2.14. The molecule has 0 spiro atoms. The molecule has 3 aromatic carbocycles. The summed E-state index contributed by atoms with van der Waals surface area (Å²) in [4.78, 5) is 25.3. The Morgan fingerprint density at radius 3 is 2.41 bits per heavy atom. The van der Waals surface area contributed by atoms with Gasteiger partial charge in [-0.05, 0) is 42.8 Å². The lowest BCUT2D eigenvalue weighted by atomic mass is 10.0. The Bertz CT molecular complexity index is 1530. The van der Waals surface area contributed by atoms with Crippen LogP contribution in [0.1, 0.15) is 18.6 Å². The van der Waals surface area contributed by atoms with Crippen LogP contribution in [0.25, 0.3) is 22.1 Å². The van der Waals surface area contributed by atoms with Crippen LogP contribution in [0.5, 0.6) is 11.5 Å². The third-order valence-corrected chi connectivity index (χ3v) is 6.03. The van der Waals surface area contributed by atoms with E-state index in [1.807, 2.05) is 0 Å². The van der Waals surface area contributed by atoms with Crippen LogP contribution in [0.15, 0.2) is 69.9 Å². The van der Waals surface area contributed by atoms with Gasteiger partial charge in [0.1, 0.15) is 17.1 Å². The second kappa shape index (κ2) is 11.0. The highest BCUT2D eigenvalue weighted by atomic mass is 35.5. The fourth-order valence-corrected chi connectivity index (χ4v) is 4.21. The van der Waals surface area contributed by atoms with Crippen LogP contribution in [-0.4, -0.2) is 12.6 Å². The number of carbonyl (C=O) groups is 1. The van der Waals surface area contributed by atoms with Gasteiger partial charge in [-0.2, -0.15) is 13.2 Å². The molecule has 0 aliphatic rings. The van der Waals surface area contributed by atoms with E-state index < -0.39 is 28.9 Å². The maximum atomic E-state index is 13.8. The minimum absolute atomic E-state index is 0.0347. The summed E-state index contributed by atoms with van der Waals surface area (Å²) in [7, 11) is 0. The lowest BCUT2D eigenvalue weighted by molar-refractivity contribution is -0.152. The molecular formula is C26H16Cl3F3O5. The standard InChI is InChI=1S/C26H16Cl3F3O5/c27-14-7-10-20(19(29)12-14)35-11-3-6-22(33)36-15-8-9-17-21(13-15)37-25(26(30,31)32)23(24(17)34)16-4-1-2-5-18(16)28/h1-2,4-5,7-10,12-13H,3,6,11H2. The molecule has 0 bridgehead atoms. The maximum absolute atomic E-state index is 13.8. The normalized spacial score (nSPS) is 11.5. The summed E-state index contributed by atoms with van der Waals surface area (Å²) in [5.74, 6) is -1.84. The van der Waals surface area contributed by atoms with Crippen LogP contribution in [0.2, 0.25) is 15.1 Å². The summed E-state index contributed by atoms with van der Waals surface area (Å²) in [6.07, 6.45) is -4.76. The number of hydrogen-bond acceptors (Lipinski definition) is 5. The SMILES string of the molecule is O=C(CCCOc1ccc(Cl)cc1Cl)Oc1ccc2c(=O)c(-c3ccccc3Cl)c(C(F)(F)F)oc2c1. The molecule has 0 saturated heterocycles. The molecule has 0 unspecified atom stereocenters. The first-order valence-electron chi connectivity index (χ1n) is 10.8. The number of carbonyl (C=O) groups excluding carboxylic acids is 1. The molecule has 0 aliphatic heterocycles. The molecule has 0 atom stereocenters. The highest BCUT2D eigenvalue weighted by Crippen LogP contribution is 2.39. The third kappa shape index (κ3) is 6.21. The number of esters is 1. The molecular weight excluding hydrogens is 556 g/mol. The van der Waals surface area contributed by atoms with E-state index >= 15 is 0 Å². The van der Waals surface area contributed by atoms with Gasteiger partial charge in [-0.15, -0.1) is 0 Å². The number of halogens is 6. The second-order valence-electron chi connectivity index (χ2n) is 7.77. The van der Waals surface area contributed by atoms with Crippen LogP contribution in [0.3, 0.4) is 0 Å². The maximum Gasteiger partial charge on any atom is 0.450 e. The molecule has 0 fully saturated rings. The minimum atomic E-state index is -4.98. The van der Waals surface area contributed by atoms with Crippen molar-refractivity contribution in [3.05, 3.63) is 91.7 Å². The zero-order chi connectivity index (χ0) is 26.7. The fourth-order valence-electron chi connectivity index (χ4n) is 3.52. The molecule has 0 aliphatic carbocycles. The summed E-state index contributed by atoms with van der Waals surface area (Å²) >= 11 is 17.9. The van der Waals surface area contributed by atoms with Crippen molar-refractivity contribution in [3.8, 4) is 22.6 Å². The summed E-state index contributed by atoms with van der Waals surface area (Å²) in [6.45, 7) is 0.156. The predicted octanol–water partition coefficient (Wildman–Crippen LogP) is 8.20. The van der Waals surface area contributed by atoms with Crippen LogP contribution >= 0.6 is 34.8 Å². The Balaban J connectivity index is 1.52. The van der Waals surface area contributed by atoms with Crippen molar-refractivity contribution in [2.45, 2.75) is 19.0 Å². The number of fused-ring (bicyclic) bond motifs is 1. The quantitative estimate of drug-likeness (QED) is 0.127. The van der Waals surface area contributed by atoms with Gasteiger partial charge in [0, 0.05) is 28.1 Å². The molecule has 5 nitrogen and oxygen atoms in total. The summed E-state index contributed by atoms with van der Waals surface area (Å²) in [5.41, 5.74) is -2.11. The summed E-state index contributed by atoms with van der Waals surface area (Å²) < 4.78 is 57.3. The van der Waals surface area contributed by atoms with E-state index in [4.69, 9.17) is 48.7 Å². The molecule has 4 aromatic rings. The molecule has 11 heteroatoms. The van der Waals surface area contributed by atoms with E-state index in [0.29, 0.717) is 15.8 Å². The zero-order valence-corrected chi connectivity index (χ0v) is 21.0. The van der Waals surface area contributed by atoms with Crippen molar-refractivity contribution in [2.24, 2.45) is 0 Å². The zero-order valence-electron chi connectivity index (χ0n) is 18.7. The van der Waals surface area contributed by atoms with Crippen molar-refractivity contribution in [2.75, 3.05) is 6.61 Å². The molecule has 1 aromatic heterocycles. The van der Waals surface area contributed by atoms with Gasteiger partial charge in [-0.25, -0.2) is 0 Å². The van der Waals surface area contributed by atoms with Gasteiger partial charge in [0.15, 0.2) is 0 Å². The number of rotatable bonds is 7. The Hall–Kier alpha value is -3.20. The highest BCUT2D eigenvalue weighted by Gasteiger charge is 2.39. The molecule has 0 N–H and O–H groups in total. The number of alkyl halides is 3. The van der Waals surface area contributed by atoms with E-state index in [-0.39, 0.29) is 46.8 Å². The Morgan fingerprint density at radius 2 is 1.70 bits per heavy atom. The van der Waals surface area contributed by atoms with Crippen molar-refractivity contribution in [1.82, 2.24) is 0 Å². The summed E-state index contributed by atoms with van der Waals surface area (Å²) in [5, 5.41) is 0.613. The van der Waals surface area contributed by atoms with Crippen molar-refractivity contribution >= 4 is 51.7 Å². The predicted molar refractivity (Wildman–Crippen MR) is 135 cm³/mol. The molecule has 1 heterocycles. The van der Waals surface area contributed by atoms with Crippen LogP contribution in [0, 0.1) is 0 Å². The molecule has 0 amide bonds. The smallest absolute Gasteiger partial charge is 0.450 e. The molecule has 4 rings (SSSR count). The topological polar surface area (TPSA) is 65.7 Å². The third-order valence-electron chi connectivity index (χ3n) is 5.17. The highest BCUT2D eigenvalue weighted by molar-refractivity contribution is 6.35. The lowest BCUT2D eigenvalue weighted by Crippen LogP contribution is -2.16. The van der Waals surface area contributed by atoms with Gasteiger partial charge < -0.3 is 13.9 Å². The first-order valence-corrected chi connectivity index (χ1v) is 11.9. The molecule has 37 heavy (non-hydrogen) atoms. The van der Waals surface area contributed by atoms with Gasteiger partial charge in [0.05, 0.1) is 22.6 Å².